The van der Waals surface area contributed by atoms with E-state index in [1.54, 1.807) is 26.0 Å². The molecule has 2 aromatic carbocycles. The van der Waals surface area contributed by atoms with Crippen LogP contribution in [0.4, 0.5) is 5.69 Å². The third-order valence-corrected chi connectivity index (χ3v) is 6.36. The van der Waals surface area contributed by atoms with Gasteiger partial charge in [-0.1, -0.05) is 12.1 Å². The quantitative estimate of drug-likeness (QED) is 0.545. The summed E-state index contributed by atoms with van der Waals surface area (Å²) in [7, 11) is 7.12. The van der Waals surface area contributed by atoms with Gasteiger partial charge in [0.1, 0.15) is 11.5 Å². The number of hydrogen-bond acceptors (Lipinski definition) is 8. The molecule has 0 fully saturated rings. The summed E-state index contributed by atoms with van der Waals surface area (Å²) < 4.78 is 16.3. The van der Waals surface area contributed by atoms with Crippen LogP contribution in [0.5, 0.6) is 11.5 Å². The second-order valence-electron chi connectivity index (χ2n) is 7.78. The maximum atomic E-state index is 13.7. The van der Waals surface area contributed by atoms with Crippen molar-refractivity contribution in [3.05, 3.63) is 48.0 Å². The van der Waals surface area contributed by atoms with Crippen molar-refractivity contribution in [3.8, 4) is 11.5 Å². The van der Waals surface area contributed by atoms with Crippen LogP contribution >= 0.6 is 24.2 Å². The molecule has 1 amide bonds. The normalized spacial score (nSPS) is 16.8. The van der Waals surface area contributed by atoms with Crippen LogP contribution in [0, 0.1) is 0 Å². The van der Waals surface area contributed by atoms with Crippen LogP contribution < -0.4 is 14.4 Å². The van der Waals surface area contributed by atoms with Gasteiger partial charge in [0.2, 0.25) is 0 Å². The molecule has 1 aliphatic rings. The summed E-state index contributed by atoms with van der Waals surface area (Å²) in [5.74, 6) is 0.681. The number of nitrogens with zero attached hydrogens (tertiary/aromatic N) is 2. The topological polar surface area (TPSA) is 88.5 Å². The summed E-state index contributed by atoms with van der Waals surface area (Å²) in [6.45, 7) is 4.40. The Kier molecular flexibility index (Phi) is 13.0. The Morgan fingerprint density at radius 2 is 1.66 bits per heavy atom. The number of anilines is 1. The van der Waals surface area contributed by atoms with Crippen molar-refractivity contribution < 1.29 is 28.9 Å². The summed E-state index contributed by atoms with van der Waals surface area (Å²) in [6, 6.07) is 13.1. The van der Waals surface area contributed by atoms with Gasteiger partial charge in [-0.3, -0.25) is 9.59 Å². The molecule has 1 aliphatic heterocycles. The van der Waals surface area contributed by atoms with Crippen molar-refractivity contribution >= 4 is 41.7 Å². The fourth-order valence-electron chi connectivity index (χ4n) is 3.40. The first-order valence-corrected chi connectivity index (χ1v) is 11.9. The number of aliphatic hydroxyl groups excluding tert-OH is 1. The molecule has 35 heavy (non-hydrogen) atoms. The van der Waals surface area contributed by atoms with Gasteiger partial charge in [0, 0.05) is 31.5 Å². The molecule has 0 unspecified atom stereocenters. The number of halogens is 1. The predicted molar refractivity (Wildman–Crippen MR) is 141 cm³/mol. The van der Waals surface area contributed by atoms with Crippen molar-refractivity contribution in [2.45, 2.75) is 30.1 Å². The number of esters is 1. The van der Waals surface area contributed by atoms with Gasteiger partial charge in [-0.25, -0.2) is 0 Å². The minimum absolute atomic E-state index is 0. The van der Waals surface area contributed by atoms with Crippen LogP contribution in [-0.4, -0.2) is 76.0 Å². The predicted octanol–water partition coefficient (Wildman–Crippen LogP) is 3.80. The zero-order valence-electron chi connectivity index (χ0n) is 21.0. The molecule has 0 aromatic heterocycles. The number of rotatable bonds is 7. The molecule has 194 valence electrons. The molecule has 2 atom stereocenters. The fraction of sp³-hybridized carbons (Fsp3) is 0.440. The van der Waals surface area contributed by atoms with Gasteiger partial charge in [0.05, 0.1) is 25.2 Å². The lowest BCUT2D eigenvalue weighted by Crippen LogP contribution is -2.45. The Balaban J connectivity index is 0.00000145. The average Bonchev–Trinajstić information content (AvgIpc) is 2.92. The van der Waals surface area contributed by atoms with E-state index < -0.39 is 17.3 Å². The van der Waals surface area contributed by atoms with Crippen LogP contribution in [0.15, 0.2) is 47.4 Å². The van der Waals surface area contributed by atoms with Crippen molar-refractivity contribution in [1.82, 2.24) is 4.90 Å². The SMILES string of the molecule is CCO.COc1ccc([C@H]2Sc3cc(OC)ccc3N(CCN(C)C)C(=O)[C@H]2OC(C)=O)cc1.Cl. The molecule has 0 radical (unpaired) electrons. The van der Waals surface area contributed by atoms with E-state index in [1.807, 2.05) is 61.5 Å². The molecule has 10 heteroatoms. The summed E-state index contributed by atoms with van der Waals surface area (Å²) in [5, 5.41) is 7.15. The standard InChI is InChI=1S/C23H28N2O5S.C2H6O.ClH/c1-15(26)30-21-22(16-6-8-17(28-4)9-7-16)31-20-14-18(29-5)10-11-19(20)25(23(21)27)13-12-24(2)3;1-2-3;/h6-11,14,21-22H,12-13H2,1-5H3;3H,2H2,1H3;1H/t21-,22+;;/m0../s1. The number of hydrogen-bond donors (Lipinski definition) is 1. The van der Waals surface area contributed by atoms with Gasteiger partial charge >= 0.3 is 5.97 Å². The Labute approximate surface area is 217 Å². The van der Waals surface area contributed by atoms with Gasteiger partial charge in [-0.15, -0.1) is 24.2 Å². The molecular formula is C25H35ClN2O6S. The number of methoxy groups -OCH3 is 2. The largest absolute Gasteiger partial charge is 0.497 e. The van der Waals surface area contributed by atoms with E-state index >= 15 is 0 Å². The number of aliphatic hydroxyl groups is 1. The molecule has 0 spiro atoms. The Morgan fingerprint density at radius 3 is 2.17 bits per heavy atom. The lowest BCUT2D eigenvalue weighted by atomic mass is 10.1. The molecule has 0 saturated carbocycles. The minimum Gasteiger partial charge on any atom is -0.497 e. The highest BCUT2D eigenvalue weighted by molar-refractivity contribution is 7.99. The maximum Gasteiger partial charge on any atom is 0.303 e. The average molecular weight is 527 g/mol. The number of fused-ring (bicyclic) bond motifs is 1. The van der Waals surface area contributed by atoms with Gasteiger partial charge < -0.3 is 29.1 Å². The van der Waals surface area contributed by atoms with E-state index in [4.69, 9.17) is 19.3 Å². The molecule has 1 N–H and O–H groups in total. The van der Waals surface area contributed by atoms with Gasteiger partial charge in [0.25, 0.3) is 5.91 Å². The minimum atomic E-state index is -0.962. The van der Waals surface area contributed by atoms with Crippen LogP contribution in [0.2, 0.25) is 0 Å². The highest BCUT2D eigenvalue weighted by Gasteiger charge is 2.41. The van der Waals surface area contributed by atoms with Crippen molar-refractivity contribution in [2.24, 2.45) is 0 Å². The number of carbonyl (C=O) groups is 2. The summed E-state index contributed by atoms with van der Waals surface area (Å²) in [6.07, 6.45) is -0.962. The van der Waals surface area contributed by atoms with Crippen molar-refractivity contribution in [3.63, 3.8) is 0 Å². The highest BCUT2D eigenvalue weighted by atomic mass is 35.5. The smallest absolute Gasteiger partial charge is 0.303 e. The van der Waals surface area contributed by atoms with Crippen LogP contribution in [0.3, 0.4) is 0 Å². The number of carbonyl (C=O) groups excluding carboxylic acids is 2. The van der Waals surface area contributed by atoms with Crippen LogP contribution in [0.25, 0.3) is 0 Å². The second kappa shape index (κ2) is 14.8. The summed E-state index contributed by atoms with van der Waals surface area (Å²) in [4.78, 5) is 30.2. The number of benzene rings is 2. The van der Waals surface area contributed by atoms with E-state index in [2.05, 4.69) is 0 Å². The van der Waals surface area contributed by atoms with Gasteiger partial charge in [0.15, 0.2) is 6.10 Å². The van der Waals surface area contributed by atoms with Crippen molar-refractivity contribution in [1.29, 1.82) is 0 Å². The van der Waals surface area contributed by atoms with Gasteiger partial charge in [-0.05, 0) is 56.9 Å². The van der Waals surface area contributed by atoms with Crippen LogP contribution in [0.1, 0.15) is 24.7 Å². The van der Waals surface area contributed by atoms with E-state index in [-0.39, 0.29) is 24.9 Å². The Bertz CT molecular complexity index is 957. The molecule has 8 nitrogen and oxygen atoms in total. The zero-order chi connectivity index (χ0) is 25.3. The van der Waals surface area contributed by atoms with Crippen molar-refractivity contribution in [2.75, 3.05) is 52.9 Å². The first kappa shape index (κ1) is 30.6. The molecule has 0 aliphatic carbocycles. The number of likely N-dealkylation sites (N-methyl/N-ethyl adjacent to an activating group) is 1. The lowest BCUT2D eigenvalue weighted by Gasteiger charge is -2.28. The first-order valence-electron chi connectivity index (χ1n) is 11.0. The molecule has 2 aromatic rings. The highest BCUT2D eigenvalue weighted by Crippen LogP contribution is 2.48. The number of ether oxygens (including phenoxy) is 3. The Morgan fingerprint density at radius 1 is 1.09 bits per heavy atom. The van der Waals surface area contributed by atoms with E-state index in [0.29, 0.717) is 24.6 Å². The number of thioether (sulfide) groups is 1. The third-order valence-electron chi connectivity index (χ3n) is 5.00. The van der Waals surface area contributed by atoms with E-state index in [9.17, 15) is 9.59 Å². The zero-order valence-corrected chi connectivity index (χ0v) is 22.6. The van der Waals surface area contributed by atoms with Crippen LogP contribution in [-0.2, 0) is 14.3 Å². The molecule has 0 bridgehead atoms. The Hall–Kier alpha value is -2.46. The maximum absolute atomic E-state index is 13.7. The van der Waals surface area contributed by atoms with E-state index in [0.717, 1.165) is 16.1 Å². The molecular weight excluding hydrogens is 492 g/mol. The lowest BCUT2D eigenvalue weighted by molar-refractivity contribution is -0.152. The second-order valence-corrected chi connectivity index (χ2v) is 8.97. The fourth-order valence-corrected chi connectivity index (χ4v) is 4.74. The third kappa shape index (κ3) is 8.31. The first-order chi connectivity index (χ1) is 16.2. The van der Waals surface area contributed by atoms with Gasteiger partial charge in [-0.2, -0.15) is 0 Å². The summed E-state index contributed by atoms with van der Waals surface area (Å²) >= 11 is 1.49. The molecule has 3 rings (SSSR count). The summed E-state index contributed by atoms with van der Waals surface area (Å²) in [5.41, 5.74) is 1.65. The monoisotopic (exact) mass is 526 g/mol. The molecule has 0 saturated heterocycles. The number of amides is 1. The molecule has 1 heterocycles. The van der Waals surface area contributed by atoms with E-state index in [1.165, 1.54) is 18.7 Å².